The first-order chi connectivity index (χ1) is 33.6. The number of hydrogen-bond acceptors (Lipinski definition) is 5. The number of rotatable bonds is 47. The largest absolute Gasteiger partial charge is 0.462 e. The molecule has 1 atom stereocenters. The SMILES string of the molecule is CC/C=C\C/C=C\C/C=C\C/C=C\C/C=C\C/C=C\C/C=C\CCCCCCCCCCCC(=O)OC(CO)COC(=O)CCCCCC/C=C\C/C=C\C/C=C\C/C=C\C/C=C\C/C=C\CC. The molecule has 5 heteroatoms. The van der Waals surface area contributed by atoms with E-state index < -0.39 is 6.10 Å². The van der Waals surface area contributed by atoms with Gasteiger partial charge in [0, 0.05) is 12.8 Å². The molecule has 380 valence electrons. The Morgan fingerprint density at radius 1 is 0.338 bits per heavy atom. The summed E-state index contributed by atoms with van der Waals surface area (Å²) in [4.78, 5) is 24.5. The van der Waals surface area contributed by atoms with Gasteiger partial charge in [-0.1, -0.05) is 230 Å². The number of ether oxygens (including phenoxy) is 2. The second-order valence-corrected chi connectivity index (χ2v) is 17.2. The number of unbranched alkanes of at least 4 members (excludes halogenated alkanes) is 13. The molecule has 0 aromatic rings. The summed E-state index contributed by atoms with van der Waals surface area (Å²) >= 11 is 0. The molecule has 5 nitrogen and oxygen atoms in total. The summed E-state index contributed by atoms with van der Waals surface area (Å²) in [6.45, 7) is 3.87. The molecule has 0 fully saturated rings. The van der Waals surface area contributed by atoms with Crippen molar-refractivity contribution < 1.29 is 24.2 Å². The number of aliphatic hydroxyl groups excluding tert-OH is 1. The standard InChI is InChI=1S/C63H98O5/c1-3-5-7-9-11-13-15-17-19-21-23-25-27-28-29-30-31-32-33-34-36-38-40-42-44-46-48-50-52-54-56-58-63(66)68-61(59-64)60-67-62(65)57-55-53-51-49-47-45-43-41-39-37-35-26-24-22-20-18-16-14-12-10-8-6-4-2/h5-8,11-14,17-20,23-26,28-29,31-32,34,36-37,39,43,45,61,64H,3-4,9-10,15-16,21-22,27,30,33,35,38,40-42,44,46-60H2,1-2H3/b7-5-,8-6-,13-11-,14-12-,19-17-,20-18-,25-23-,26-24-,29-28-,32-31-,36-34-,39-37-,45-43-. The van der Waals surface area contributed by atoms with Crippen molar-refractivity contribution in [2.75, 3.05) is 13.2 Å². The van der Waals surface area contributed by atoms with Crippen LogP contribution in [0.15, 0.2) is 158 Å². The molecule has 0 spiro atoms. The van der Waals surface area contributed by atoms with Crippen molar-refractivity contribution in [1.82, 2.24) is 0 Å². The molecular weight excluding hydrogens is 837 g/mol. The highest BCUT2D eigenvalue weighted by atomic mass is 16.6. The molecule has 0 aliphatic heterocycles. The first-order valence-corrected chi connectivity index (χ1v) is 27.0. The number of esters is 2. The molecule has 0 radical (unpaired) electrons. The minimum Gasteiger partial charge on any atom is -0.462 e. The van der Waals surface area contributed by atoms with Crippen LogP contribution >= 0.6 is 0 Å². The van der Waals surface area contributed by atoms with Crippen LogP contribution in [0.4, 0.5) is 0 Å². The number of carbonyl (C=O) groups is 2. The maximum atomic E-state index is 12.3. The minimum absolute atomic E-state index is 0.0929. The van der Waals surface area contributed by atoms with Crippen LogP contribution in [-0.2, 0) is 19.1 Å². The lowest BCUT2D eigenvalue weighted by Crippen LogP contribution is -2.28. The van der Waals surface area contributed by atoms with E-state index in [1.807, 2.05) is 0 Å². The lowest BCUT2D eigenvalue weighted by molar-refractivity contribution is -0.161. The van der Waals surface area contributed by atoms with E-state index in [2.05, 4.69) is 172 Å². The van der Waals surface area contributed by atoms with Crippen molar-refractivity contribution >= 4 is 11.9 Å². The summed E-state index contributed by atoms with van der Waals surface area (Å²) in [5, 5.41) is 9.64. The van der Waals surface area contributed by atoms with Crippen LogP contribution in [0.5, 0.6) is 0 Å². The molecule has 1 unspecified atom stereocenters. The van der Waals surface area contributed by atoms with Crippen LogP contribution < -0.4 is 0 Å². The van der Waals surface area contributed by atoms with Crippen LogP contribution in [-0.4, -0.2) is 36.4 Å². The maximum Gasteiger partial charge on any atom is 0.306 e. The van der Waals surface area contributed by atoms with Gasteiger partial charge >= 0.3 is 11.9 Å². The Morgan fingerprint density at radius 3 is 0.882 bits per heavy atom. The second-order valence-electron chi connectivity index (χ2n) is 17.2. The topological polar surface area (TPSA) is 72.8 Å². The zero-order valence-electron chi connectivity index (χ0n) is 43.3. The van der Waals surface area contributed by atoms with Crippen LogP contribution in [0, 0.1) is 0 Å². The van der Waals surface area contributed by atoms with E-state index in [9.17, 15) is 14.7 Å². The predicted octanol–water partition coefficient (Wildman–Crippen LogP) is 18.4. The highest BCUT2D eigenvalue weighted by molar-refractivity contribution is 5.70. The van der Waals surface area contributed by atoms with Gasteiger partial charge in [0.1, 0.15) is 6.61 Å². The summed E-state index contributed by atoms with van der Waals surface area (Å²) in [6, 6.07) is 0. The van der Waals surface area contributed by atoms with Gasteiger partial charge in [-0.05, 0) is 122 Å². The first-order valence-electron chi connectivity index (χ1n) is 27.0. The third kappa shape index (κ3) is 54.1. The average Bonchev–Trinajstić information content (AvgIpc) is 3.34. The molecule has 0 rings (SSSR count). The summed E-state index contributed by atoms with van der Waals surface area (Å²) in [5.41, 5.74) is 0. The second kappa shape index (κ2) is 56.8. The summed E-state index contributed by atoms with van der Waals surface area (Å²) in [5.74, 6) is -0.639. The van der Waals surface area contributed by atoms with Crippen LogP contribution in [0.25, 0.3) is 0 Å². The molecule has 0 bridgehead atoms. The highest BCUT2D eigenvalue weighted by Gasteiger charge is 2.16. The van der Waals surface area contributed by atoms with Gasteiger partial charge in [0.25, 0.3) is 0 Å². The molecule has 0 aliphatic rings. The van der Waals surface area contributed by atoms with Gasteiger partial charge in [-0.15, -0.1) is 0 Å². The van der Waals surface area contributed by atoms with Gasteiger partial charge in [-0.2, -0.15) is 0 Å². The van der Waals surface area contributed by atoms with Crippen molar-refractivity contribution in [3.8, 4) is 0 Å². The summed E-state index contributed by atoms with van der Waals surface area (Å²) in [6.07, 6.45) is 87.6. The zero-order chi connectivity index (χ0) is 49.2. The van der Waals surface area contributed by atoms with Crippen molar-refractivity contribution in [3.63, 3.8) is 0 Å². The van der Waals surface area contributed by atoms with Gasteiger partial charge in [-0.3, -0.25) is 9.59 Å². The van der Waals surface area contributed by atoms with E-state index in [0.29, 0.717) is 12.8 Å². The number of allylic oxidation sites excluding steroid dienone is 26. The predicted molar refractivity (Wildman–Crippen MR) is 297 cm³/mol. The van der Waals surface area contributed by atoms with E-state index in [1.165, 1.54) is 38.5 Å². The Labute approximate surface area is 418 Å². The average molecular weight is 935 g/mol. The molecule has 0 saturated heterocycles. The van der Waals surface area contributed by atoms with E-state index in [4.69, 9.17) is 9.47 Å². The van der Waals surface area contributed by atoms with E-state index in [1.54, 1.807) is 0 Å². The fourth-order valence-corrected chi connectivity index (χ4v) is 6.83. The minimum atomic E-state index is -0.800. The lowest BCUT2D eigenvalue weighted by atomic mass is 10.1. The first kappa shape index (κ1) is 63.5. The van der Waals surface area contributed by atoms with Gasteiger partial charge < -0.3 is 14.6 Å². The smallest absolute Gasteiger partial charge is 0.306 e. The molecule has 0 aliphatic carbocycles. The molecular formula is C63H98O5. The van der Waals surface area contributed by atoms with Crippen LogP contribution in [0.3, 0.4) is 0 Å². The van der Waals surface area contributed by atoms with Crippen molar-refractivity contribution in [3.05, 3.63) is 158 Å². The van der Waals surface area contributed by atoms with E-state index in [-0.39, 0.29) is 25.2 Å². The Balaban J connectivity index is 3.64. The summed E-state index contributed by atoms with van der Waals surface area (Å²) in [7, 11) is 0. The number of carbonyl (C=O) groups excluding carboxylic acids is 2. The van der Waals surface area contributed by atoms with Crippen molar-refractivity contribution in [2.24, 2.45) is 0 Å². The Hall–Kier alpha value is -4.48. The molecule has 0 aromatic heterocycles. The number of aliphatic hydroxyl groups is 1. The Kier molecular flexibility index (Phi) is 53.1. The third-order valence-corrected chi connectivity index (χ3v) is 10.8. The third-order valence-electron chi connectivity index (χ3n) is 10.8. The van der Waals surface area contributed by atoms with Gasteiger partial charge in [0.2, 0.25) is 0 Å². The molecule has 0 heterocycles. The fraction of sp³-hybridized carbons (Fsp3) is 0.556. The molecule has 0 saturated carbocycles. The van der Waals surface area contributed by atoms with Crippen molar-refractivity contribution in [2.45, 2.75) is 213 Å². The highest BCUT2D eigenvalue weighted by Crippen LogP contribution is 2.13. The molecule has 68 heavy (non-hydrogen) atoms. The van der Waals surface area contributed by atoms with Gasteiger partial charge in [-0.25, -0.2) is 0 Å². The zero-order valence-corrected chi connectivity index (χ0v) is 43.3. The van der Waals surface area contributed by atoms with Gasteiger partial charge in [0.05, 0.1) is 6.61 Å². The van der Waals surface area contributed by atoms with E-state index >= 15 is 0 Å². The van der Waals surface area contributed by atoms with Gasteiger partial charge in [0.15, 0.2) is 6.10 Å². The Bertz CT molecular complexity index is 1520. The van der Waals surface area contributed by atoms with Crippen LogP contribution in [0.2, 0.25) is 0 Å². The van der Waals surface area contributed by atoms with Crippen LogP contribution in [0.1, 0.15) is 206 Å². The molecule has 1 N–H and O–H groups in total. The monoisotopic (exact) mass is 935 g/mol. The quantitative estimate of drug-likeness (QED) is 0.0374. The summed E-state index contributed by atoms with van der Waals surface area (Å²) < 4.78 is 10.7. The molecule has 0 amide bonds. The Morgan fingerprint density at radius 2 is 0.588 bits per heavy atom. The fourth-order valence-electron chi connectivity index (χ4n) is 6.83. The van der Waals surface area contributed by atoms with Crippen molar-refractivity contribution in [1.29, 1.82) is 0 Å². The maximum absolute atomic E-state index is 12.3. The van der Waals surface area contributed by atoms with E-state index in [0.717, 1.165) is 141 Å². The molecule has 0 aromatic carbocycles. The normalized spacial score (nSPS) is 13.5. The lowest BCUT2D eigenvalue weighted by Gasteiger charge is -2.15. The number of hydrogen-bond donors (Lipinski definition) is 1.